The number of nitrogens with zero attached hydrogens (tertiary/aromatic N) is 1. The number of nitrogens with one attached hydrogen (secondary N) is 1. The Kier molecular flexibility index (Phi) is 4.27. The number of halogens is 1. The van der Waals surface area contributed by atoms with Gasteiger partial charge >= 0.3 is 0 Å². The first kappa shape index (κ1) is 13.7. The zero-order valence-corrected chi connectivity index (χ0v) is 11.6. The van der Waals surface area contributed by atoms with Gasteiger partial charge < -0.3 is 5.32 Å². The van der Waals surface area contributed by atoms with Gasteiger partial charge in [-0.1, -0.05) is 19.1 Å². The van der Waals surface area contributed by atoms with Crippen molar-refractivity contribution in [3.8, 4) is 0 Å². The van der Waals surface area contributed by atoms with Gasteiger partial charge in [0, 0.05) is 6.20 Å². The van der Waals surface area contributed by atoms with Crippen LogP contribution in [0.25, 0.3) is 0 Å². The standard InChI is InChI=1S/C16H19FN2/c1-4-18-16(15-9-11(2)7-8-19-15)13-6-5-12(3)14(17)10-13/h5-10,16,18H,4H2,1-3H3. The average Bonchev–Trinajstić information content (AvgIpc) is 2.39. The average molecular weight is 258 g/mol. The predicted octanol–water partition coefficient (Wildman–Crippen LogP) is 3.54. The van der Waals surface area contributed by atoms with Crippen LogP contribution in [0.3, 0.4) is 0 Å². The van der Waals surface area contributed by atoms with Crippen molar-refractivity contribution in [2.75, 3.05) is 6.54 Å². The van der Waals surface area contributed by atoms with Gasteiger partial charge in [0.2, 0.25) is 0 Å². The summed E-state index contributed by atoms with van der Waals surface area (Å²) in [7, 11) is 0. The minimum atomic E-state index is -0.173. The number of rotatable bonds is 4. The highest BCUT2D eigenvalue weighted by Gasteiger charge is 2.15. The quantitative estimate of drug-likeness (QED) is 0.907. The van der Waals surface area contributed by atoms with Crippen molar-refractivity contribution >= 4 is 0 Å². The summed E-state index contributed by atoms with van der Waals surface area (Å²) in [6.07, 6.45) is 1.79. The molecule has 1 atom stereocenters. The molecule has 3 heteroatoms. The molecule has 1 aromatic heterocycles. The zero-order valence-electron chi connectivity index (χ0n) is 11.6. The van der Waals surface area contributed by atoms with E-state index in [1.165, 1.54) is 0 Å². The van der Waals surface area contributed by atoms with Crippen LogP contribution in [0.4, 0.5) is 4.39 Å². The van der Waals surface area contributed by atoms with Crippen molar-refractivity contribution < 1.29 is 4.39 Å². The lowest BCUT2D eigenvalue weighted by atomic mass is 10.0. The molecular formula is C16H19FN2. The molecule has 0 amide bonds. The molecule has 19 heavy (non-hydrogen) atoms. The highest BCUT2D eigenvalue weighted by Crippen LogP contribution is 2.22. The maximum atomic E-state index is 13.7. The molecule has 1 aromatic carbocycles. The third-order valence-corrected chi connectivity index (χ3v) is 3.17. The summed E-state index contributed by atoms with van der Waals surface area (Å²) in [6.45, 7) is 6.64. The van der Waals surface area contributed by atoms with Gasteiger partial charge in [-0.2, -0.15) is 0 Å². The molecule has 1 N–H and O–H groups in total. The molecule has 0 radical (unpaired) electrons. The van der Waals surface area contributed by atoms with E-state index in [0.29, 0.717) is 5.56 Å². The van der Waals surface area contributed by atoms with E-state index in [0.717, 1.165) is 23.4 Å². The Bertz CT molecular complexity index is 566. The van der Waals surface area contributed by atoms with E-state index in [9.17, 15) is 4.39 Å². The molecule has 2 nitrogen and oxygen atoms in total. The van der Waals surface area contributed by atoms with E-state index < -0.39 is 0 Å². The predicted molar refractivity (Wildman–Crippen MR) is 75.6 cm³/mol. The third kappa shape index (κ3) is 3.18. The number of aryl methyl sites for hydroxylation is 2. The van der Waals surface area contributed by atoms with Crippen molar-refractivity contribution in [2.24, 2.45) is 0 Å². The van der Waals surface area contributed by atoms with Crippen LogP contribution in [0.15, 0.2) is 36.5 Å². The molecule has 1 heterocycles. The summed E-state index contributed by atoms with van der Waals surface area (Å²) in [5, 5.41) is 3.36. The lowest BCUT2D eigenvalue weighted by molar-refractivity contribution is 0.590. The summed E-state index contributed by atoms with van der Waals surface area (Å²) in [6, 6.07) is 9.28. The molecule has 0 saturated heterocycles. The lowest BCUT2D eigenvalue weighted by Crippen LogP contribution is -2.23. The Labute approximate surface area is 113 Å². The zero-order chi connectivity index (χ0) is 13.8. The van der Waals surface area contributed by atoms with Crippen LogP contribution in [-0.4, -0.2) is 11.5 Å². The molecule has 0 aliphatic heterocycles. The molecule has 2 aromatic rings. The molecule has 0 spiro atoms. The highest BCUT2D eigenvalue weighted by molar-refractivity contribution is 5.32. The van der Waals surface area contributed by atoms with E-state index in [2.05, 4.69) is 10.3 Å². The fourth-order valence-corrected chi connectivity index (χ4v) is 2.10. The molecule has 0 bridgehead atoms. The number of benzene rings is 1. The van der Waals surface area contributed by atoms with Crippen molar-refractivity contribution in [3.63, 3.8) is 0 Å². The van der Waals surface area contributed by atoms with E-state index in [1.54, 1.807) is 19.2 Å². The van der Waals surface area contributed by atoms with Gasteiger partial charge in [0.1, 0.15) is 5.82 Å². The Morgan fingerprint density at radius 3 is 2.63 bits per heavy atom. The minimum absolute atomic E-state index is 0.0694. The van der Waals surface area contributed by atoms with Gasteiger partial charge in [0.15, 0.2) is 0 Å². The topological polar surface area (TPSA) is 24.9 Å². The number of hydrogen-bond donors (Lipinski definition) is 1. The summed E-state index contributed by atoms with van der Waals surface area (Å²) in [5.74, 6) is -0.173. The number of pyridine rings is 1. The van der Waals surface area contributed by atoms with Crippen LogP contribution in [0.2, 0.25) is 0 Å². The monoisotopic (exact) mass is 258 g/mol. The van der Waals surface area contributed by atoms with Gasteiger partial charge in [0.25, 0.3) is 0 Å². The molecule has 1 unspecified atom stereocenters. The molecular weight excluding hydrogens is 239 g/mol. The first-order valence-corrected chi connectivity index (χ1v) is 6.53. The molecule has 0 saturated carbocycles. The van der Waals surface area contributed by atoms with Gasteiger partial charge in [0.05, 0.1) is 11.7 Å². The van der Waals surface area contributed by atoms with E-state index in [-0.39, 0.29) is 11.9 Å². The molecule has 0 aliphatic rings. The molecule has 0 fully saturated rings. The Morgan fingerprint density at radius 1 is 1.21 bits per heavy atom. The fraction of sp³-hybridized carbons (Fsp3) is 0.312. The van der Waals surface area contributed by atoms with Gasteiger partial charge in [-0.15, -0.1) is 0 Å². The van der Waals surface area contributed by atoms with Crippen molar-refractivity contribution in [2.45, 2.75) is 26.8 Å². The van der Waals surface area contributed by atoms with E-state index in [4.69, 9.17) is 0 Å². The normalized spacial score (nSPS) is 12.4. The number of hydrogen-bond acceptors (Lipinski definition) is 2. The largest absolute Gasteiger partial charge is 0.305 e. The van der Waals surface area contributed by atoms with Crippen LogP contribution in [0, 0.1) is 19.7 Å². The second-order valence-electron chi connectivity index (χ2n) is 4.76. The van der Waals surface area contributed by atoms with Crippen molar-refractivity contribution in [1.82, 2.24) is 10.3 Å². The Balaban J connectivity index is 2.42. The smallest absolute Gasteiger partial charge is 0.126 e. The first-order valence-electron chi connectivity index (χ1n) is 6.53. The summed E-state index contributed by atoms with van der Waals surface area (Å²) < 4.78 is 13.7. The fourth-order valence-electron chi connectivity index (χ4n) is 2.10. The lowest BCUT2D eigenvalue weighted by Gasteiger charge is -2.18. The maximum Gasteiger partial charge on any atom is 0.126 e. The third-order valence-electron chi connectivity index (χ3n) is 3.17. The Morgan fingerprint density at radius 2 is 2.00 bits per heavy atom. The van der Waals surface area contributed by atoms with E-state index in [1.807, 2.05) is 38.1 Å². The van der Waals surface area contributed by atoms with Crippen LogP contribution < -0.4 is 5.32 Å². The van der Waals surface area contributed by atoms with Gasteiger partial charge in [-0.25, -0.2) is 4.39 Å². The van der Waals surface area contributed by atoms with Crippen LogP contribution in [-0.2, 0) is 0 Å². The molecule has 100 valence electrons. The van der Waals surface area contributed by atoms with Crippen LogP contribution in [0.1, 0.15) is 35.3 Å². The number of aromatic nitrogens is 1. The summed E-state index contributed by atoms with van der Waals surface area (Å²) in [5.41, 5.74) is 3.64. The molecule has 0 aliphatic carbocycles. The second-order valence-corrected chi connectivity index (χ2v) is 4.76. The highest BCUT2D eigenvalue weighted by atomic mass is 19.1. The Hall–Kier alpha value is -1.74. The van der Waals surface area contributed by atoms with Gasteiger partial charge in [-0.05, 0) is 55.3 Å². The van der Waals surface area contributed by atoms with Crippen LogP contribution in [0.5, 0.6) is 0 Å². The second kappa shape index (κ2) is 5.93. The van der Waals surface area contributed by atoms with Crippen molar-refractivity contribution in [3.05, 3.63) is 64.7 Å². The van der Waals surface area contributed by atoms with E-state index >= 15 is 0 Å². The molecule has 2 rings (SSSR count). The van der Waals surface area contributed by atoms with Crippen molar-refractivity contribution in [1.29, 1.82) is 0 Å². The minimum Gasteiger partial charge on any atom is -0.305 e. The SMILES string of the molecule is CCNC(c1ccc(C)c(F)c1)c1cc(C)ccn1. The summed E-state index contributed by atoms with van der Waals surface area (Å²) in [4.78, 5) is 4.40. The summed E-state index contributed by atoms with van der Waals surface area (Å²) >= 11 is 0. The van der Waals surface area contributed by atoms with Gasteiger partial charge in [-0.3, -0.25) is 4.98 Å². The first-order chi connectivity index (χ1) is 9.11. The maximum absolute atomic E-state index is 13.7. The van der Waals surface area contributed by atoms with Crippen LogP contribution >= 0.6 is 0 Å².